The van der Waals surface area contributed by atoms with Gasteiger partial charge in [0.05, 0.1) is 12.7 Å². The van der Waals surface area contributed by atoms with Crippen molar-refractivity contribution in [3.63, 3.8) is 0 Å². The molecular weight excluding hydrogens is 148 g/mol. The molecule has 11 heavy (non-hydrogen) atoms. The molecule has 1 saturated heterocycles. The van der Waals surface area contributed by atoms with Gasteiger partial charge in [0.15, 0.2) is 0 Å². The van der Waals surface area contributed by atoms with Crippen LogP contribution in [0.15, 0.2) is 12.7 Å². The maximum atomic E-state index is 10.1. The van der Waals surface area contributed by atoms with Gasteiger partial charge in [-0.2, -0.15) is 0 Å². The number of ether oxygens (including phenoxy) is 2. The second-order valence-electron chi connectivity index (χ2n) is 2.35. The Bertz CT molecular complexity index is 162. The van der Waals surface area contributed by atoms with Crippen LogP contribution < -0.4 is 0 Å². The minimum Gasteiger partial charge on any atom is -0.450 e. The fraction of sp³-hybridized carbons (Fsp3) is 0.571. The van der Waals surface area contributed by atoms with Gasteiger partial charge in [-0.05, 0) is 0 Å². The van der Waals surface area contributed by atoms with Crippen LogP contribution in [0.3, 0.4) is 0 Å². The fourth-order valence-electron chi connectivity index (χ4n) is 0.785. The third-order valence-corrected chi connectivity index (χ3v) is 1.41. The van der Waals surface area contributed by atoms with Crippen LogP contribution in [-0.2, 0) is 9.47 Å². The Balaban J connectivity index is 2.22. The number of rotatable bonds is 4. The molecule has 2 atom stereocenters. The topological polar surface area (TPSA) is 59.1 Å². The summed E-state index contributed by atoms with van der Waals surface area (Å²) in [6, 6.07) is 0. The number of epoxide rings is 1. The Kier molecular flexibility index (Phi) is 2.48. The minimum absolute atomic E-state index is 0.164. The zero-order valence-electron chi connectivity index (χ0n) is 6.03. The standard InChI is InChI=1S/C7H10O4/c1-2-5(11-7(8)9)3-6-4-10-6/h2,5-6H,1,3-4H2,(H,8,9). The van der Waals surface area contributed by atoms with Crippen molar-refractivity contribution < 1.29 is 19.4 Å². The Hall–Kier alpha value is -1.03. The molecule has 0 aromatic rings. The number of carbonyl (C=O) groups is 1. The first-order valence-electron chi connectivity index (χ1n) is 3.36. The van der Waals surface area contributed by atoms with Gasteiger partial charge in [-0.25, -0.2) is 4.79 Å². The Morgan fingerprint density at radius 2 is 2.64 bits per heavy atom. The van der Waals surface area contributed by atoms with Gasteiger partial charge in [0.1, 0.15) is 6.10 Å². The maximum absolute atomic E-state index is 10.1. The lowest BCUT2D eigenvalue weighted by atomic mass is 10.2. The van der Waals surface area contributed by atoms with Crippen LogP contribution in [0.2, 0.25) is 0 Å². The quantitative estimate of drug-likeness (QED) is 0.377. The predicted octanol–water partition coefficient (Wildman–Crippen LogP) is 1.02. The molecule has 0 saturated carbocycles. The van der Waals surface area contributed by atoms with Gasteiger partial charge in [0.2, 0.25) is 0 Å². The zero-order chi connectivity index (χ0) is 8.27. The smallest absolute Gasteiger partial charge is 0.450 e. The molecule has 0 spiro atoms. The van der Waals surface area contributed by atoms with Crippen molar-refractivity contribution >= 4 is 6.16 Å². The van der Waals surface area contributed by atoms with Crippen LogP contribution in [-0.4, -0.2) is 30.1 Å². The minimum atomic E-state index is -1.27. The predicted molar refractivity (Wildman–Crippen MR) is 37.5 cm³/mol. The third kappa shape index (κ3) is 3.04. The molecule has 62 valence electrons. The number of hydrogen-bond donors (Lipinski definition) is 1. The van der Waals surface area contributed by atoms with E-state index in [0.717, 1.165) is 0 Å². The van der Waals surface area contributed by atoms with Gasteiger partial charge in [-0.3, -0.25) is 0 Å². The highest BCUT2D eigenvalue weighted by molar-refractivity contribution is 5.57. The Morgan fingerprint density at radius 1 is 2.00 bits per heavy atom. The average molecular weight is 158 g/mol. The van der Waals surface area contributed by atoms with E-state index in [-0.39, 0.29) is 6.10 Å². The lowest BCUT2D eigenvalue weighted by Gasteiger charge is -2.08. The molecule has 1 aliphatic heterocycles. The van der Waals surface area contributed by atoms with Crippen molar-refractivity contribution in [2.75, 3.05) is 6.61 Å². The number of carboxylic acid groups (broad SMARTS) is 1. The SMILES string of the molecule is C=CC(CC1CO1)OC(=O)O. The van der Waals surface area contributed by atoms with E-state index < -0.39 is 12.3 Å². The van der Waals surface area contributed by atoms with E-state index in [1.807, 2.05) is 0 Å². The van der Waals surface area contributed by atoms with Crippen molar-refractivity contribution in [2.45, 2.75) is 18.6 Å². The molecule has 1 fully saturated rings. The van der Waals surface area contributed by atoms with Crippen LogP contribution in [0.25, 0.3) is 0 Å². The maximum Gasteiger partial charge on any atom is 0.506 e. The summed E-state index contributed by atoms with van der Waals surface area (Å²) in [7, 11) is 0. The fourth-order valence-corrected chi connectivity index (χ4v) is 0.785. The van der Waals surface area contributed by atoms with Crippen molar-refractivity contribution in [3.05, 3.63) is 12.7 Å². The first-order chi connectivity index (χ1) is 5.22. The van der Waals surface area contributed by atoms with E-state index in [4.69, 9.17) is 9.84 Å². The van der Waals surface area contributed by atoms with Gasteiger partial charge in [-0.1, -0.05) is 12.7 Å². The third-order valence-electron chi connectivity index (χ3n) is 1.41. The van der Waals surface area contributed by atoms with Crippen LogP contribution in [0.4, 0.5) is 4.79 Å². The normalized spacial score (nSPS) is 23.8. The van der Waals surface area contributed by atoms with Gasteiger partial charge in [0, 0.05) is 6.42 Å². The Morgan fingerprint density at radius 3 is 3.00 bits per heavy atom. The van der Waals surface area contributed by atoms with E-state index in [1.54, 1.807) is 0 Å². The molecule has 0 radical (unpaired) electrons. The summed E-state index contributed by atoms with van der Waals surface area (Å²) in [6.45, 7) is 4.15. The lowest BCUT2D eigenvalue weighted by Crippen LogP contribution is -2.16. The van der Waals surface area contributed by atoms with Crippen molar-refractivity contribution in [1.82, 2.24) is 0 Å². The molecule has 1 aliphatic rings. The van der Waals surface area contributed by atoms with Crippen LogP contribution in [0.5, 0.6) is 0 Å². The number of hydrogen-bond acceptors (Lipinski definition) is 3. The molecule has 1 heterocycles. The van der Waals surface area contributed by atoms with E-state index >= 15 is 0 Å². The largest absolute Gasteiger partial charge is 0.506 e. The van der Waals surface area contributed by atoms with E-state index in [9.17, 15) is 4.79 Å². The molecule has 0 bridgehead atoms. The van der Waals surface area contributed by atoms with Crippen molar-refractivity contribution in [3.8, 4) is 0 Å². The highest BCUT2D eigenvalue weighted by Gasteiger charge is 2.26. The van der Waals surface area contributed by atoms with Crippen molar-refractivity contribution in [2.24, 2.45) is 0 Å². The summed E-state index contributed by atoms with van der Waals surface area (Å²) in [4.78, 5) is 10.1. The summed E-state index contributed by atoms with van der Waals surface area (Å²) in [5.74, 6) is 0. The molecular formula is C7H10O4. The molecule has 1 N–H and O–H groups in total. The molecule has 0 amide bonds. The highest BCUT2D eigenvalue weighted by atomic mass is 16.7. The van der Waals surface area contributed by atoms with Gasteiger partial charge in [0.25, 0.3) is 0 Å². The van der Waals surface area contributed by atoms with Crippen LogP contribution >= 0.6 is 0 Å². The lowest BCUT2D eigenvalue weighted by molar-refractivity contribution is 0.0637. The molecule has 4 heteroatoms. The Labute approximate surface area is 64.4 Å². The van der Waals surface area contributed by atoms with E-state index in [1.165, 1.54) is 6.08 Å². The first kappa shape index (κ1) is 8.07. The molecule has 0 aromatic heterocycles. The summed E-state index contributed by atoms with van der Waals surface area (Å²) in [5, 5.41) is 8.24. The van der Waals surface area contributed by atoms with E-state index in [0.29, 0.717) is 13.0 Å². The zero-order valence-corrected chi connectivity index (χ0v) is 6.03. The molecule has 1 rings (SSSR count). The van der Waals surface area contributed by atoms with Crippen molar-refractivity contribution in [1.29, 1.82) is 0 Å². The van der Waals surface area contributed by atoms with E-state index in [2.05, 4.69) is 11.3 Å². The monoisotopic (exact) mass is 158 g/mol. The summed E-state index contributed by atoms with van der Waals surface area (Å²) >= 11 is 0. The van der Waals surface area contributed by atoms with Crippen LogP contribution in [0.1, 0.15) is 6.42 Å². The molecule has 2 unspecified atom stereocenters. The van der Waals surface area contributed by atoms with Gasteiger partial charge < -0.3 is 14.6 Å². The molecule has 4 nitrogen and oxygen atoms in total. The molecule has 0 aliphatic carbocycles. The second-order valence-corrected chi connectivity index (χ2v) is 2.35. The second kappa shape index (κ2) is 3.39. The summed E-state index contributed by atoms with van der Waals surface area (Å²) in [5.41, 5.74) is 0. The van der Waals surface area contributed by atoms with Crippen LogP contribution in [0, 0.1) is 0 Å². The van der Waals surface area contributed by atoms with Gasteiger partial charge in [-0.15, -0.1) is 0 Å². The first-order valence-corrected chi connectivity index (χ1v) is 3.36. The molecule has 0 aromatic carbocycles. The summed E-state index contributed by atoms with van der Waals surface area (Å²) in [6.07, 6.45) is 0.513. The highest BCUT2D eigenvalue weighted by Crippen LogP contribution is 2.17. The summed E-state index contributed by atoms with van der Waals surface area (Å²) < 4.78 is 9.37. The average Bonchev–Trinajstić information content (AvgIpc) is 2.69. The van der Waals surface area contributed by atoms with Gasteiger partial charge >= 0.3 is 6.16 Å².